The first kappa shape index (κ1) is 20.3. The number of nitrogens with zero attached hydrogens (tertiary/aromatic N) is 3. The molecule has 0 amide bonds. The van der Waals surface area contributed by atoms with Gasteiger partial charge in [0.2, 0.25) is 0 Å². The fraction of sp³-hybridized carbons (Fsp3) is 0.217. The second-order valence-corrected chi connectivity index (χ2v) is 7.99. The first-order valence-corrected chi connectivity index (χ1v) is 9.74. The molecule has 0 N–H and O–H groups in total. The molecule has 0 radical (unpaired) electrons. The third-order valence-corrected chi connectivity index (χ3v) is 5.17. The molecule has 0 atom stereocenters. The van der Waals surface area contributed by atoms with E-state index in [2.05, 4.69) is 23.7 Å². The van der Waals surface area contributed by atoms with E-state index in [-0.39, 0.29) is 16.9 Å². The number of rotatable bonds is 5. The second kappa shape index (κ2) is 8.06. The summed E-state index contributed by atoms with van der Waals surface area (Å²) in [6.07, 6.45) is 2.71. The predicted octanol–water partition coefficient (Wildman–Crippen LogP) is 4.87. The van der Waals surface area contributed by atoms with E-state index in [1.165, 1.54) is 24.3 Å². The second-order valence-electron chi connectivity index (χ2n) is 7.99. The summed E-state index contributed by atoms with van der Waals surface area (Å²) in [5.74, 6) is 0.543. The molecule has 1 aromatic heterocycles. The highest BCUT2D eigenvalue weighted by molar-refractivity contribution is 5.70. The van der Waals surface area contributed by atoms with Gasteiger partial charge >= 0.3 is 6.16 Å². The van der Waals surface area contributed by atoms with E-state index in [4.69, 9.17) is 9.47 Å². The van der Waals surface area contributed by atoms with Crippen LogP contribution in [0.15, 0.2) is 67.0 Å². The lowest BCUT2D eigenvalue weighted by molar-refractivity contribution is -0.384. The van der Waals surface area contributed by atoms with E-state index in [1.807, 2.05) is 30.5 Å². The van der Waals surface area contributed by atoms with Crippen molar-refractivity contribution in [3.8, 4) is 11.5 Å². The number of aromatic nitrogens is 1. The van der Waals surface area contributed by atoms with Crippen LogP contribution in [-0.4, -0.2) is 22.6 Å². The van der Waals surface area contributed by atoms with Crippen LogP contribution in [0.1, 0.15) is 25.0 Å². The van der Waals surface area contributed by atoms with Gasteiger partial charge in [-0.3, -0.25) is 15.1 Å². The van der Waals surface area contributed by atoms with Gasteiger partial charge in [-0.1, -0.05) is 19.9 Å². The van der Waals surface area contributed by atoms with E-state index in [1.54, 1.807) is 12.3 Å². The summed E-state index contributed by atoms with van der Waals surface area (Å²) in [5.41, 5.74) is 3.08. The molecule has 0 saturated carbocycles. The fourth-order valence-electron chi connectivity index (χ4n) is 3.75. The Morgan fingerprint density at radius 1 is 1.13 bits per heavy atom. The molecule has 8 nitrogen and oxygen atoms in total. The molecule has 4 rings (SSSR count). The zero-order valence-corrected chi connectivity index (χ0v) is 17.1. The van der Waals surface area contributed by atoms with Crippen molar-refractivity contribution in [1.82, 2.24) is 4.98 Å². The lowest BCUT2D eigenvalue weighted by atomic mass is 9.87. The maximum atomic E-state index is 12.2. The molecule has 158 valence electrons. The minimum absolute atomic E-state index is 0.0857. The molecule has 3 aromatic rings. The molecular weight excluding hydrogens is 398 g/mol. The number of carbonyl (C=O) groups excluding carboxylic acids is 1. The van der Waals surface area contributed by atoms with Crippen molar-refractivity contribution in [2.75, 3.05) is 11.4 Å². The molecule has 1 aliphatic rings. The molecule has 8 heteroatoms. The summed E-state index contributed by atoms with van der Waals surface area (Å²) in [4.78, 5) is 28.8. The number of ether oxygens (including phenoxy) is 2. The molecule has 0 spiro atoms. The van der Waals surface area contributed by atoms with Gasteiger partial charge in [-0.2, -0.15) is 0 Å². The number of nitro benzene ring substituents is 1. The summed E-state index contributed by atoms with van der Waals surface area (Å²) in [6, 6.07) is 14.7. The maximum absolute atomic E-state index is 12.2. The summed E-state index contributed by atoms with van der Waals surface area (Å²) < 4.78 is 10.5. The quantitative estimate of drug-likeness (QED) is 0.252. The average molecular weight is 419 g/mol. The number of carbonyl (C=O) groups is 1. The van der Waals surface area contributed by atoms with E-state index >= 15 is 0 Å². The molecule has 0 saturated heterocycles. The number of pyridine rings is 1. The standard InChI is InChI=1S/C23H21N3O5/c1-23(2)15-25(14-16-4-3-11-24-13-16)21-10-9-19(12-20(21)23)31-22(27)30-18-7-5-17(6-8-18)26(28)29/h3-13H,14-15H2,1-2H3. The van der Waals surface area contributed by atoms with Crippen LogP contribution in [0.3, 0.4) is 0 Å². The Hall–Kier alpha value is -3.94. The van der Waals surface area contributed by atoms with Crippen molar-refractivity contribution < 1.29 is 19.2 Å². The van der Waals surface area contributed by atoms with Gasteiger partial charge in [-0.05, 0) is 47.5 Å². The summed E-state index contributed by atoms with van der Waals surface area (Å²) in [5, 5.41) is 10.7. The minimum Gasteiger partial charge on any atom is -0.395 e. The van der Waals surface area contributed by atoms with Crippen molar-refractivity contribution in [3.63, 3.8) is 0 Å². The largest absolute Gasteiger partial charge is 0.519 e. The number of anilines is 1. The zero-order chi connectivity index (χ0) is 22.0. The van der Waals surface area contributed by atoms with Gasteiger partial charge in [-0.25, -0.2) is 4.79 Å². The topological polar surface area (TPSA) is 94.8 Å². The Balaban J connectivity index is 1.47. The van der Waals surface area contributed by atoms with Crippen LogP contribution in [0.4, 0.5) is 16.2 Å². The van der Waals surface area contributed by atoms with Gasteiger partial charge in [0.05, 0.1) is 4.92 Å². The van der Waals surface area contributed by atoms with Crippen molar-refractivity contribution in [2.24, 2.45) is 0 Å². The Morgan fingerprint density at radius 2 is 1.84 bits per heavy atom. The number of fused-ring (bicyclic) bond motifs is 1. The van der Waals surface area contributed by atoms with Gasteiger partial charge in [0.1, 0.15) is 11.5 Å². The molecule has 31 heavy (non-hydrogen) atoms. The molecular formula is C23H21N3O5. The van der Waals surface area contributed by atoms with Crippen molar-refractivity contribution in [1.29, 1.82) is 0 Å². The number of nitro groups is 1. The van der Waals surface area contributed by atoms with Crippen LogP contribution < -0.4 is 14.4 Å². The van der Waals surface area contributed by atoms with E-state index in [0.29, 0.717) is 5.75 Å². The minimum atomic E-state index is -0.906. The Labute approximate surface area is 179 Å². The van der Waals surface area contributed by atoms with Gasteiger partial charge in [0.25, 0.3) is 5.69 Å². The van der Waals surface area contributed by atoms with Gasteiger partial charge in [-0.15, -0.1) is 0 Å². The highest BCUT2D eigenvalue weighted by Crippen LogP contribution is 2.42. The van der Waals surface area contributed by atoms with E-state index < -0.39 is 11.1 Å². The van der Waals surface area contributed by atoms with Crippen LogP contribution in [0.25, 0.3) is 0 Å². The van der Waals surface area contributed by atoms with Crippen molar-refractivity contribution in [2.45, 2.75) is 25.8 Å². The number of non-ortho nitro benzene ring substituents is 1. The zero-order valence-electron chi connectivity index (χ0n) is 17.1. The monoisotopic (exact) mass is 419 g/mol. The fourth-order valence-corrected chi connectivity index (χ4v) is 3.75. The van der Waals surface area contributed by atoms with Crippen LogP contribution >= 0.6 is 0 Å². The Bertz CT molecular complexity index is 1110. The number of benzene rings is 2. The Morgan fingerprint density at radius 3 is 2.52 bits per heavy atom. The molecule has 0 aliphatic carbocycles. The smallest absolute Gasteiger partial charge is 0.395 e. The molecule has 0 bridgehead atoms. The lowest BCUT2D eigenvalue weighted by Crippen LogP contribution is -2.28. The average Bonchev–Trinajstić information content (AvgIpc) is 2.98. The van der Waals surface area contributed by atoms with Crippen LogP contribution in [-0.2, 0) is 12.0 Å². The van der Waals surface area contributed by atoms with Crippen LogP contribution in [0.5, 0.6) is 11.5 Å². The molecule has 0 fully saturated rings. The number of hydrogen-bond acceptors (Lipinski definition) is 7. The third kappa shape index (κ3) is 4.48. The van der Waals surface area contributed by atoms with Crippen LogP contribution in [0.2, 0.25) is 0 Å². The van der Waals surface area contributed by atoms with Gasteiger partial charge < -0.3 is 14.4 Å². The number of hydrogen-bond donors (Lipinski definition) is 0. The molecule has 2 heterocycles. The third-order valence-electron chi connectivity index (χ3n) is 5.17. The normalized spacial score (nSPS) is 14.1. The Kier molecular flexibility index (Phi) is 5.29. The summed E-state index contributed by atoms with van der Waals surface area (Å²) in [6.45, 7) is 5.86. The van der Waals surface area contributed by atoms with Crippen molar-refractivity contribution >= 4 is 17.5 Å². The van der Waals surface area contributed by atoms with Crippen molar-refractivity contribution in [3.05, 3.63) is 88.2 Å². The first-order valence-electron chi connectivity index (χ1n) is 9.74. The SMILES string of the molecule is CC1(C)CN(Cc2cccnc2)c2ccc(OC(=O)Oc3ccc([N+](=O)[O-])cc3)cc21. The highest BCUT2D eigenvalue weighted by atomic mass is 16.7. The van der Waals surface area contributed by atoms with E-state index in [0.717, 1.165) is 29.9 Å². The lowest BCUT2D eigenvalue weighted by Gasteiger charge is -2.22. The van der Waals surface area contributed by atoms with Gasteiger partial charge in [0.15, 0.2) is 0 Å². The molecule has 2 aromatic carbocycles. The maximum Gasteiger partial charge on any atom is 0.519 e. The molecule has 0 unspecified atom stereocenters. The molecule has 1 aliphatic heterocycles. The summed E-state index contributed by atoms with van der Waals surface area (Å²) in [7, 11) is 0. The highest BCUT2D eigenvalue weighted by Gasteiger charge is 2.35. The van der Waals surface area contributed by atoms with Gasteiger partial charge in [0, 0.05) is 48.7 Å². The first-order chi connectivity index (χ1) is 14.8. The predicted molar refractivity (Wildman–Crippen MR) is 115 cm³/mol. The summed E-state index contributed by atoms with van der Waals surface area (Å²) >= 11 is 0. The van der Waals surface area contributed by atoms with Crippen LogP contribution in [0, 0.1) is 10.1 Å². The van der Waals surface area contributed by atoms with E-state index in [9.17, 15) is 14.9 Å².